The summed E-state index contributed by atoms with van der Waals surface area (Å²) in [5.41, 5.74) is 5.15. The average Bonchev–Trinajstić information content (AvgIpc) is 3.19. The van der Waals surface area contributed by atoms with Crippen molar-refractivity contribution in [1.29, 1.82) is 0 Å². The molecule has 2 saturated heterocycles. The molecule has 0 N–H and O–H groups in total. The first-order valence-corrected chi connectivity index (χ1v) is 11.7. The van der Waals surface area contributed by atoms with Gasteiger partial charge in [-0.15, -0.1) is 0 Å². The second-order valence-corrected chi connectivity index (χ2v) is 9.75. The van der Waals surface area contributed by atoms with Crippen LogP contribution in [0.2, 0.25) is 0 Å². The van der Waals surface area contributed by atoms with Gasteiger partial charge in [0.05, 0.1) is 17.4 Å². The van der Waals surface area contributed by atoms with E-state index in [1.165, 1.54) is 42.8 Å². The fourth-order valence-electron chi connectivity index (χ4n) is 5.70. The van der Waals surface area contributed by atoms with E-state index in [0.29, 0.717) is 11.6 Å². The van der Waals surface area contributed by atoms with Gasteiger partial charge in [-0.2, -0.15) is 0 Å². The summed E-state index contributed by atoms with van der Waals surface area (Å²) < 4.78 is 2.31. The predicted molar refractivity (Wildman–Crippen MR) is 123 cm³/mol. The Bertz CT molecular complexity index is 1100. The minimum absolute atomic E-state index is 0.401. The minimum Gasteiger partial charge on any atom is -0.355 e. The van der Waals surface area contributed by atoms with Gasteiger partial charge in [-0.05, 0) is 70.0 Å². The van der Waals surface area contributed by atoms with Crippen LogP contribution in [0.1, 0.15) is 48.7 Å². The lowest BCUT2D eigenvalue weighted by atomic mass is 10.1. The third kappa shape index (κ3) is 3.33. The van der Waals surface area contributed by atoms with E-state index in [2.05, 4.69) is 63.5 Å². The third-order valence-corrected chi connectivity index (χ3v) is 7.77. The van der Waals surface area contributed by atoms with Gasteiger partial charge in [-0.3, -0.25) is 19.2 Å². The van der Waals surface area contributed by atoms with Crippen LogP contribution >= 0.6 is 0 Å². The van der Waals surface area contributed by atoms with Gasteiger partial charge in [0.15, 0.2) is 0 Å². The van der Waals surface area contributed by atoms with Crippen LogP contribution in [0.25, 0.3) is 5.65 Å². The molecule has 6 heteroatoms. The number of likely N-dealkylation sites (N-methyl/N-ethyl adjacent to an activating group) is 1. The van der Waals surface area contributed by atoms with Gasteiger partial charge in [-0.1, -0.05) is 12.1 Å². The van der Waals surface area contributed by atoms with Crippen LogP contribution in [0.15, 0.2) is 42.7 Å². The van der Waals surface area contributed by atoms with Crippen molar-refractivity contribution < 1.29 is 0 Å². The van der Waals surface area contributed by atoms with Crippen LogP contribution in [-0.4, -0.2) is 62.9 Å². The summed E-state index contributed by atoms with van der Waals surface area (Å²) in [7, 11) is 2.29. The molecule has 6 nitrogen and oxygen atoms in total. The number of rotatable bonds is 4. The first-order valence-electron chi connectivity index (χ1n) is 11.7. The molecule has 1 atom stereocenters. The molecular weight excluding hydrogens is 384 g/mol. The number of likely N-dealkylation sites (tertiary alicyclic amines) is 1. The Kier molecular flexibility index (Phi) is 4.54. The van der Waals surface area contributed by atoms with Crippen LogP contribution < -0.4 is 4.90 Å². The van der Waals surface area contributed by atoms with Gasteiger partial charge in [0.25, 0.3) is 0 Å². The van der Waals surface area contributed by atoms with Crippen molar-refractivity contribution in [3.05, 3.63) is 59.7 Å². The van der Waals surface area contributed by atoms with Gasteiger partial charge in [0, 0.05) is 44.1 Å². The minimum atomic E-state index is 0.401. The molecule has 3 aromatic heterocycles. The highest BCUT2D eigenvalue weighted by molar-refractivity contribution is 5.53. The molecular formula is C25H32N6. The number of hydrogen-bond donors (Lipinski definition) is 0. The van der Waals surface area contributed by atoms with Crippen molar-refractivity contribution in [2.45, 2.75) is 50.7 Å². The van der Waals surface area contributed by atoms with Gasteiger partial charge >= 0.3 is 0 Å². The van der Waals surface area contributed by atoms with Crippen LogP contribution in [-0.2, 0) is 6.54 Å². The standard InChI is InChI=1S/C25H32N6/c1-19-6-4-12-26-24(19)21-7-5-13-29(21)16-20-17-31-22(27-20)8-3-9-23(31)30-15-14-28(2)25(18-30)10-11-25/h3-4,6,8-9,12,17,21H,5,7,10-11,13-16,18H2,1-2H3. The maximum atomic E-state index is 5.01. The van der Waals surface area contributed by atoms with Gasteiger partial charge in [0.1, 0.15) is 11.5 Å². The molecule has 5 heterocycles. The number of imidazole rings is 1. The van der Waals surface area contributed by atoms with Crippen LogP contribution in [0.4, 0.5) is 5.82 Å². The van der Waals surface area contributed by atoms with Gasteiger partial charge < -0.3 is 4.90 Å². The smallest absolute Gasteiger partial charge is 0.138 e. The molecule has 1 saturated carbocycles. The molecule has 3 aliphatic rings. The van der Waals surface area contributed by atoms with Gasteiger partial charge in [-0.25, -0.2) is 4.98 Å². The lowest BCUT2D eigenvalue weighted by Gasteiger charge is -2.41. The number of hydrogen-bond acceptors (Lipinski definition) is 5. The van der Waals surface area contributed by atoms with E-state index in [0.717, 1.165) is 44.1 Å². The van der Waals surface area contributed by atoms with Crippen molar-refractivity contribution in [2.24, 2.45) is 0 Å². The molecule has 2 aliphatic heterocycles. The van der Waals surface area contributed by atoms with Gasteiger partial charge in [0.2, 0.25) is 0 Å². The number of anilines is 1. The number of pyridine rings is 2. The Morgan fingerprint density at radius 1 is 1.10 bits per heavy atom. The van der Waals surface area contributed by atoms with Crippen LogP contribution in [0.3, 0.4) is 0 Å². The highest BCUT2D eigenvalue weighted by atomic mass is 15.4. The Labute approximate surface area is 184 Å². The lowest BCUT2D eigenvalue weighted by molar-refractivity contribution is 0.198. The second kappa shape index (κ2) is 7.31. The number of aryl methyl sites for hydroxylation is 1. The van der Waals surface area contributed by atoms with E-state index >= 15 is 0 Å². The summed E-state index contributed by atoms with van der Waals surface area (Å²) in [5, 5.41) is 0. The molecule has 31 heavy (non-hydrogen) atoms. The van der Waals surface area contributed by atoms with E-state index < -0.39 is 0 Å². The zero-order valence-corrected chi connectivity index (χ0v) is 18.7. The molecule has 162 valence electrons. The largest absolute Gasteiger partial charge is 0.355 e. The van der Waals surface area contributed by atoms with Crippen molar-refractivity contribution in [2.75, 3.05) is 38.1 Å². The molecule has 0 aromatic carbocycles. The predicted octanol–water partition coefficient (Wildman–Crippen LogP) is 3.66. The summed E-state index contributed by atoms with van der Waals surface area (Å²) >= 11 is 0. The Morgan fingerprint density at radius 2 is 2.00 bits per heavy atom. The van der Waals surface area contributed by atoms with E-state index in [1.807, 2.05) is 12.3 Å². The monoisotopic (exact) mass is 416 g/mol. The maximum Gasteiger partial charge on any atom is 0.138 e. The van der Waals surface area contributed by atoms with Crippen LogP contribution in [0, 0.1) is 6.92 Å². The normalized spacial score (nSPS) is 23.8. The zero-order valence-electron chi connectivity index (χ0n) is 18.7. The topological polar surface area (TPSA) is 39.9 Å². The molecule has 1 unspecified atom stereocenters. The number of piperazine rings is 1. The molecule has 3 aromatic rings. The first kappa shape index (κ1) is 19.3. The number of fused-ring (bicyclic) bond motifs is 1. The fourth-order valence-corrected chi connectivity index (χ4v) is 5.70. The molecule has 1 spiro atoms. The fraction of sp³-hybridized carbons (Fsp3) is 0.520. The first-order chi connectivity index (χ1) is 15.1. The van der Waals surface area contributed by atoms with E-state index in [4.69, 9.17) is 9.97 Å². The SMILES string of the molecule is Cc1cccnc1C1CCCN1Cc1cn2c(N3CCN(C)C4(CC4)C3)cccc2n1. The molecule has 0 radical (unpaired) electrons. The highest BCUT2D eigenvalue weighted by Crippen LogP contribution is 2.44. The van der Waals surface area contributed by atoms with Crippen molar-refractivity contribution >= 4 is 11.5 Å². The number of aromatic nitrogens is 3. The van der Waals surface area contributed by atoms with E-state index in [9.17, 15) is 0 Å². The summed E-state index contributed by atoms with van der Waals surface area (Å²) in [6.45, 7) is 7.52. The van der Waals surface area contributed by atoms with Crippen LogP contribution in [0.5, 0.6) is 0 Å². The molecule has 0 amide bonds. The zero-order chi connectivity index (χ0) is 21.0. The van der Waals surface area contributed by atoms with E-state index in [1.54, 1.807) is 0 Å². The average molecular weight is 417 g/mol. The molecule has 1 aliphatic carbocycles. The summed E-state index contributed by atoms with van der Waals surface area (Å²) in [6.07, 6.45) is 9.26. The summed E-state index contributed by atoms with van der Waals surface area (Å²) in [5.74, 6) is 1.29. The van der Waals surface area contributed by atoms with Crippen molar-refractivity contribution in [3.63, 3.8) is 0 Å². The lowest BCUT2D eigenvalue weighted by Crippen LogP contribution is -2.53. The van der Waals surface area contributed by atoms with E-state index in [-0.39, 0.29) is 0 Å². The summed E-state index contributed by atoms with van der Waals surface area (Å²) in [4.78, 5) is 17.4. The number of nitrogens with zero attached hydrogens (tertiary/aromatic N) is 6. The highest BCUT2D eigenvalue weighted by Gasteiger charge is 2.49. The Hall–Kier alpha value is -2.44. The third-order valence-electron chi connectivity index (χ3n) is 7.77. The summed E-state index contributed by atoms with van der Waals surface area (Å²) in [6, 6.07) is 11.2. The molecule has 0 bridgehead atoms. The quantitative estimate of drug-likeness (QED) is 0.649. The molecule has 6 rings (SSSR count). The second-order valence-electron chi connectivity index (χ2n) is 9.75. The van der Waals surface area contributed by atoms with Crippen molar-refractivity contribution in [1.82, 2.24) is 24.2 Å². The van der Waals surface area contributed by atoms with Crippen molar-refractivity contribution in [3.8, 4) is 0 Å². The Morgan fingerprint density at radius 3 is 2.84 bits per heavy atom. The maximum absolute atomic E-state index is 5.01. The molecule has 3 fully saturated rings. The Balaban J connectivity index is 1.27.